The third kappa shape index (κ3) is 3.16. The first kappa shape index (κ1) is 13.1. The Kier molecular flexibility index (Phi) is 3.37. The molecule has 1 aromatic heterocycles. The Hall–Kier alpha value is -0.900. The van der Waals surface area contributed by atoms with Gasteiger partial charge in [0.1, 0.15) is 0 Å². The lowest BCUT2D eigenvalue weighted by molar-refractivity contribution is 0.299. The maximum atomic E-state index is 5.76. The van der Waals surface area contributed by atoms with Crippen LogP contribution in [0.25, 0.3) is 0 Å². The third-order valence-corrected chi connectivity index (χ3v) is 4.60. The maximum absolute atomic E-state index is 5.76. The second-order valence-corrected chi connectivity index (χ2v) is 7.33. The Morgan fingerprint density at radius 2 is 1.95 bits per heavy atom. The number of hydrogen-bond donors (Lipinski definition) is 1. The molecule has 3 atom stereocenters. The Morgan fingerprint density at radius 3 is 2.58 bits per heavy atom. The molecule has 4 heteroatoms. The van der Waals surface area contributed by atoms with Crippen molar-refractivity contribution in [2.24, 2.45) is 17.8 Å². The van der Waals surface area contributed by atoms with Crippen LogP contribution >= 0.6 is 0 Å². The summed E-state index contributed by atoms with van der Waals surface area (Å²) in [6.07, 6.45) is 6.68. The fraction of sp³-hybridized carbons (Fsp3) is 0.867. The molecule has 2 aliphatic carbocycles. The van der Waals surface area contributed by atoms with Crippen molar-refractivity contribution in [2.45, 2.75) is 65.0 Å². The minimum atomic E-state index is 0.0826. The van der Waals surface area contributed by atoms with E-state index in [1.54, 1.807) is 0 Å². The van der Waals surface area contributed by atoms with Gasteiger partial charge in [-0.05, 0) is 57.8 Å². The number of aromatic nitrogens is 2. The second-order valence-electron chi connectivity index (χ2n) is 7.33. The van der Waals surface area contributed by atoms with E-state index < -0.39 is 0 Å². The summed E-state index contributed by atoms with van der Waals surface area (Å²) in [6, 6.07) is 0. The van der Waals surface area contributed by atoms with Crippen LogP contribution in [0.4, 0.5) is 0 Å². The van der Waals surface area contributed by atoms with Gasteiger partial charge in [0.05, 0.1) is 6.54 Å². The predicted octanol–water partition coefficient (Wildman–Crippen LogP) is 2.94. The standard InChI is InChI=1S/C15H25N3O/c1-15(2,3)16-9-14-18-17-13(19-14)8-12-7-10-4-5-11(12)6-10/h10-12,16H,4-9H2,1-3H3. The highest BCUT2D eigenvalue weighted by Crippen LogP contribution is 2.49. The fourth-order valence-corrected chi connectivity index (χ4v) is 3.63. The van der Waals surface area contributed by atoms with Crippen molar-refractivity contribution in [2.75, 3.05) is 0 Å². The molecule has 2 saturated carbocycles. The lowest BCUT2D eigenvalue weighted by Crippen LogP contribution is -2.35. The van der Waals surface area contributed by atoms with Crippen molar-refractivity contribution in [3.63, 3.8) is 0 Å². The lowest BCUT2D eigenvalue weighted by Gasteiger charge is -2.19. The summed E-state index contributed by atoms with van der Waals surface area (Å²) in [5.41, 5.74) is 0.0826. The summed E-state index contributed by atoms with van der Waals surface area (Å²) in [7, 11) is 0. The van der Waals surface area contributed by atoms with Gasteiger partial charge in [-0.15, -0.1) is 10.2 Å². The van der Waals surface area contributed by atoms with Crippen LogP contribution in [-0.4, -0.2) is 15.7 Å². The van der Waals surface area contributed by atoms with E-state index in [9.17, 15) is 0 Å². The highest BCUT2D eigenvalue weighted by molar-refractivity contribution is 4.95. The lowest BCUT2D eigenvalue weighted by atomic mass is 9.86. The molecule has 19 heavy (non-hydrogen) atoms. The van der Waals surface area contributed by atoms with Gasteiger partial charge in [-0.2, -0.15) is 0 Å². The average Bonchev–Trinajstić information content (AvgIpc) is 3.01. The quantitative estimate of drug-likeness (QED) is 0.907. The predicted molar refractivity (Wildman–Crippen MR) is 73.5 cm³/mol. The normalized spacial score (nSPS) is 30.2. The summed E-state index contributed by atoms with van der Waals surface area (Å²) in [5.74, 6) is 4.26. The summed E-state index contributed by atoms with van der Waals surface area (Å²) >= 11 is 0. The van der Waals surface area contributed by atoms with Crippen LogP contribution in [0.2, 0.25) is 0 Å². The van der Waals surface area contributed by atoms with Gasteiger partial charge in [-0.3, -0.25) is 0 Å². The molecule has 2 fully saturated rings. The zero-order chi connectivity index (χ0) is 13.5. The van der Waals surface area contributed by atoms with Crippen molar-refractivity contribution in [3.8, 4) is 0 Å². The zero-order valence-electron chi connectivity index (χ0n) is 12.3. The Bertz CT molecular complexity index is 435. The Labute approximate surface area is 115 Å². The second kappa shape index (κ2) is 4.89. The number of nitrogens with zero attached hydrogens (tertiary/aromatic N) is 2. The maximum Gasteiger partial charge on any atom is 0.230 e. The Morgan fingerprint density at radius 1 is 1.16 bits per heavy atom. The van der Waals surface area contributed by atoms with E-state index in [0.29, 0.717) is 12.4 Å². The van der Waals surface area contributed by atoms with Crippen LogP contribution in [0.3, 0.4) is 0 Å². The van der Waals surface area contributed by atoms with Crippen molar-refractivity contribution in [1.82, 2.24) is 15.5 Å². The molecule has 0 aromatic carbocycles. The van der Waals surface area contributed by atoms with Gasteiger partial charge in [0, 0.05) is 12.0 Å². The first-order chi connectivity index (χ1) is 8.99. The van der Waals surface area contributed by atoms with Crippen molar-refractivity contribution in [1.29, 1.82) is 0 Å². The molecule has 1 heterocycles. The topological polar surface area (TPSA) is 51.0 Å². The molecule has 1 N–H and O–H groups in total. The first-order valence-electron chi connectivity index (χ1n) is 7.56. The molecule has 2 bridgehead atoms. The fourth-order valence-electron chi connectivity index (χ4n) is 3.63. The average molecular weight is 263 g/mol. The minimum absolute atomic E-state index is 0.0826. The molecule has 0 radical (unpaired) electrons. The number of hydrogen-bond acceptors (Lipinski definition) is 4. The number of nitrogens with one attached hydrogen (secondary N) is 1. The molecule has 3 rings (SSSR count). The highest BCUT2D eigenvalue weighted by atomic mass is 16.4. The van der Waals surface area contributed by atoms with Crippen LogP contribution < -0.4 is 5.32 Å². The van der Waals surface area contributed by atoms with Crippen molar-refractivity contribution >= 4 is 0 Å². The zero-order valence-corrected chi connectivity index (χ0v) is 12.3. The van der Waals surface area contributed by atoms with Crippen LogP contribution in [0.1, 0.15) is 58.2 Å². The van der Waals surface area contributed by atoms with E-state index in [1.165, 1.54) is 25.7 Å². The number of fused-ring (bicyclic) bond motifs is 2. The molecule has 0 saturated heterocycles. The van der Waals surface area contributed by atoms with E-state index >= 15 is 0 Å². The molecule has 2 aliphatic rings. The van der Waals surface area contributed by atoms with E-state index in [0.717, 1.165) is 30.1 Å². The van der Waals surface area contributed by atoms with Gasteiger partial charge >= 0.3 is 0 Å². The summed E-state index contributed by atoms with van der Waals surface area (Å²) in [6.45, 7) is 7.08. The molecular formula is C15H25N3O. The highest BCUT2D eigenvalue weighted by Gasteiger charge is 2.39. The van der Waals surface area contributed by atoms with Gasteiger partial charge in [-0.1, -0.05) is 6.42 Å². The smallest absolute Gasteiger partial charge is 0.230 e. The molecular weight excluding hydrogens is 238 g/mol. The Balaban J connectivity index is 1.53. The monoisotopic (exact) mass is 263 g/mol. The molecule has 106 valence electrons. The number of rotatable bonds is 4. The minimum Gasteiger partial charge on any atom is -0.424 e. The van der Waals surface area contributed by atoms with E-state index in [4.69, 9.17) is 4.42 Å². The van der Waals surface area contributed by atoms with Crippen LogP contribution in [-0.2, 0) is 13.0 Å². The van der Waals surface area contributed by atoms with Crippen LogP contribution in [0, 0.1) is 17.8 Å². The summed E-state index contributed by atoms with van der Waals surface area (Å²) in [5, 5.41) is 11.7. The van der Waals surface area contributed by atoms with Gasteiger partial charge in [0.2, 0.25) is 11.8 Å². The van der Waals surface area contributed by atoms with Crippen LogP contribution in [0.5, 0.6) is 0 Å². The largest absolute Gasteiger partial charge is 0.424 e. The summed E-state index contributed by atoms with van der Waals surface area (Å²) < 4.78 is 5.76. The van der Waals surface area contributed by atoms with Gasteiger partial charge < -0.3 is 9.73 Å². The molecule has 0 amide bonds. The van der Waals surface area contributed by atoms with E-state index in [2.05, 4.69) is 36.3 Å². The summed E-state index contributed by atoms with van der Waals surface area (Å²) in [4.78, 5) is 0. The molecule has 0 aliphatic heterocycles. The van der Waals surface area contributed by atoms with E-state index in [-0.39, 0.29) is 5.54 Å². The third-order valence-electron chi connectivity index (χ3n) is 4.60. The van der Waals surface area contributed by atoms with Gasteiger partial charge in [0.25, 0.3) is 0 Å². The molecule has 0 spiro atoms. The van der Waals surface area contributed by atoms with Crippen molar-refractivity contribution in [3.05, 3.63) is 11.8 Å². The first-order valence-corrected chi connectivity index (χ1v) is 7.56. The van der Waals surface area contributed by atoms with Crippen LogP contribution in [0.15, 0.2) is 4.42 Å². The molecule has 4 nitrogen and oxygen atoms in total. The molecule has 1 aromatic rings. The van der Waals surface area contributed by atoms with Gasteiger partial charge in [0.15, 0.2) is 0 Å². The SMILES string of the molecule is CC(C)(C)NCc1nnc(CC2CC3CCC2C3)o1. The van der Waals surface area contributed by atoms with Crippen molar-refractivity contribution < 1.29 is 4.42 Å². The van der Waals surface area contributed by atoms with E-state index in [1.807, 2.05) is 0 Å². The van der Waals surface area contributed by atoms with Gasteiger partial charge in [-0.25, -0.2) is 0 Å². The molecule has 3 unspecified atom stereocenters.